The van der Waals surface area contributed by atoms with Crippen molar-refractivity contribution in [3.05, 3.63) is 12.2 Å². The van der Waals surface area contributed by atoms with Crippen molar-refractivity contribution >= 4 is 0 Å². The van der Waals surface area contributed by atoms with Gasteiger partial charge in [0.1, 0.15) is 30.0 Å². The molecule has 0 aromatic rings. The normalized spacial score (nSPS) is 48.0. The average Bonchev–Trinajstić information content (AvgIpc) is 2.49. The molecule has 8 unspecified atom stereocenters. The van der Waals surface area contributed by atoms with E-state index < -0.39 is 49.0 Å². The maximum atomic E-state index is 10.5. The van der Waals surface area contributed by atoms with Crippen LogP contribution in [-0.4, -0.2) is 74.6 Å². The van der Waals surface area contributed by atoms with Gasteiger partial charge in [-0.1, -0.05) is 26.0 Å². The summed E-state index contributed by atoms with van der Waals surface area (Å²) < 4.78 is 11.1. The summed E-state index contributed by atoms with van der Waals surface area (Å²) in [5.74, 6) is 0.577. The molecular formula is C16H28O7. The zero-order chi connectivity index (χ0) is 17.4. The third kappa shape index (κ3) is 3.93. The number of hydrogen-bond donors (Lipinski definition) is 5. The van der Waals surface area contributed by atoms with Gasteiger partial charge in [0.05, 0.1) is 12.7 Å². The maximum Gasteiger partial charge on any atom is 0.187 e. The van der Waals surface area contributed by atoms with Crippen molar-refractivity contribution in [1.82, 2.24) is 0 Å². The molecule has 1 fully saturated rings. The lowest BCUT2D eigenvalue weighted by Gasteiger charge is -2.44. The first-order valence-corrected chi connectivity index (χ1v) is 8.05. The Morgan fingerprint density at radius 2 is 1.87 bits per heavy atom. The molecule has 0 aromatic heterocycles. The molecule has 7 heteroatoms. The number of aliphatic hydroxyl groups excluding tert-OH is 4. The summed E-state index contributed by atoms with van der Waals surface area (Å²) in [5.41, 5.74) is -1.23. The Bertz CT molecular complexity index is 421. The molecule has 0 bridgehead atoms. The number of ether oxygens (including phenoxy) is 2. The lowest BCUT2D eigenvalue weighted by molar-refractivity contribution is -0.322. The van der Waals surface area contributed by atoms with Crippen LogP contribution >= 0.6 is 0 Å². The van der Waals surface area contributed by atoms with Crippen LogP contribution in [-0.2, 0) is 9.47 Å². The van der Waals surface area contributed by atoms with Gasteiger partial charge in [-0.25, -0.2) is 0 Å². The van der Waals surface area contributed by atoms with E-state index in [4.69, 9.17) is 9.47 Å². The molecule has 8 atom stereocenters. The number of hydrogen-bond acceptors (Lipinski definition) is 7. The molecule has 1 heterocycles. The molecule has 0 amide bonds. The monoisotopic (exact) mass is 332 g/mol. The standard InChI is InChI=1S/C16H28O7/c1-8(2)9-4-5-16(3,21)11(6-9)23-15-14(20)13(19)12(18)10(7-17)22-15/h4-5,8-15,17-21H,6-7H2,1-3H3. The summed E-state index contributed by atoms with van der Waals surface area (Å²) in [6.45, 7) is 5.23. The van der Waals surface area contributed by atoms with E-state index in [2.05, 4.69) is 13.8 Å². The van der Waals surface area contributed by atoms with Crippen LogP contribution in [0, 0.1) is 11.8 Å². The smallest absolute Gasteiger partial charge is 0.187 e. The first-order valence-electron chi connectivity index (χ1n) is 8.05. The van der Waals surface area contributed by atoms with Crippen LogP contribution in [0.3, 0.4) is 0 Å². The Balaban J connectivity index is 2.11. The van der Waals surface area contributed by atoms with Crippen LogP contribution in [0.25, 0.3) is 0 Å². The second-order valence-corrected chi connectivity index (χ2v) is 7.05. The van der Waals surface area contributed by atoms with E-state index in [1.807, 2.05) is 6.08 Å². The predicted octanol–water partition coefficient (Wildman–Crippen LogP) is -0.845. The fraction of sp³-hybridized carbons (Fsp3) is 0.875. The van der Waals surface area contributed by atoms with Gasteiger partial charge in [0.2, 0.25) is 0 Å². The van der Waals surface area contributed by atoms with Gasteiger partial charge in [-0.3, -0.25) is 0 Å². The first-order chi connectivity index (χ1) is 10.7. The lowest BCUT2D eigenvalue weighted by atomic mass is 9.79. The average molecular weight is 332 g/mol. The SMILES string of the molecule is CC(C)C1C=CC(C)(O)C(OC2OC(CO)C(O)C(O)C2O)C1. The van der Waals surface area contributed by atoms with Gasteiger partial charge < -0.3 is 35.0 Å². The molecule has 2 rings (SSSR count). The van der Waals surface area contributed by atoms with Gasteiger partial charge >= 0.3 is 0 Å². The van der Waals surface area contributed by atoms with E-state index in [0.717, 1.165) is 0 Å². The molecule has 0 spiro atoms. The summed E-state index contributed by atoms with van der Waals surface area (Å²) in [6.07, 6.45) is -3.11. The van der Waals surface area contributed by atoms with Crippen molar-refractivity contribution in [2.45, 2.75) is 69.6 Å². The highest BCUT2D eigenvalue weighted by Gasteiger charge is 2.47. The second-order valence-electron chi connectivity index (χ2n) is 7.05. The Morgan fingerprint density at radius 3 is 2.43 bits per heavy atom. The minimum absolute atomic E-state index is 0.213. The van der Waals surface area contributed by atoms with Crippen molar-refractivity contribution in [3.8, 4) is 0 Å². The van der Waals surface area contributed by atoms with Gasteiger partial charge in [0.25, 0.3) is 0 Å². The van der Waals surface area contributed by atoms with Crippen molar-refractivity contribution < 1.29 is 35.0 Å². The minimum atomic E-state index is -1.49. The fourth-order valence-electron chi connectivity index (χ4n) is 3.02. The zero-order valence-electron chi connectivity index (χ0n) is 13.7. The minimum Gasteiger partial charge on any atom is -0.394 e. The highest BCUT2D eigenvalue weighted by Crippen LogP contribution is 2.34. The van der Waals surface area contributed by atoms with E-state index in [9.17, 15) is 25.5 Å². The largest absolute Gasteiger partial charge is 0.394 e. The van der Waals surface area contributed by atoms with Crippen molar-refractivity contribution in [3.63, 3.8) is 0 Å². The predicted molar refractivity (Wildman–Crippen MR) is 81.3 cm³/mol. The number of aliphatic hydroxyl groups is 5. The number of allylic oxidation sites excluding steroid dienone is 1. The van der Waals surface area contributed by atoms with Crippen molar-refractivity contribution in [2.75, 3.05) is 6.61 Å². The molecular weight excluding hydrogens is 304 g/mol. The van der Waals surface area contributed by atoms with Gasteiger partial charge in [-0.05, 0) is 25.2 Å². The van der Waals surface area contributed by atoms with Crippen molar-refractivity contribution in [2.24, 2.45) is 11.8 Å². The number of rotatable bonds is 4. The van der Waals surface area contributed by atoms with Gasteiger partial charge in [0, 0.05) is 0 Å². The van der Waals surface area contributed by atoms with Crippen LogP contribution in [0.1, 0.15) is 27.2 Å². The quantitative estimate of drug-likeness (QED) is 0.426. The molecule has 0 radical (unpaired) electrons. The summed E-state index contributed by atoms with van der Waals surface area (Å²) >= 11 is 0. The van der Waals surface area contributed by atoms with E-state index in [1.54, 1.807) is 13.0 Å². The Labute approximate surface area is 136 Å². The fourth-order valence-corrected chi connectivity index (χ4v) is 3.02. The Morgan fingerprint density at radius 1 is 1.22 bits per heavy atom. The zero-order valence-corrected chi connectivity index (χ0v) is 13.7. The molecule has 23 heavy (non-hydrogen) atoms. The Kier molecular flexibility index (Phi) is 5.84. The third-order valence-electron chi connectivity index (χ3n) is 4.82. The maximum absolute atomic E-state index is 10.5. The summed E-state index contributed by atoms with van der Waals surface area (Å²) in [4.78, 5) is 0. The van der Waals surface area contributed by atoms with Gasteiger partial charge in [0.15, 0.2) is 6.29 Å². The molecule has 1 aliphatic carbocycles. The van der Waals surface area contributed by atoms with E-state index in [0.29, 0.717) is 12.3 Å². The highest BCUT2D eigenvalue weighted by atomic mass is 16.7. The van der Waals surface area contributed by atoms with Crippen LogP contribution in [0.4, 0.5) is 0 Å². The lowest BCUT2D eigenvalue weighted by Crippen LogP contribution is -2.61. The van der Waals surface area contributed by atoms with E-state index in [-0.39, 0.29) is 5.92 Å². The summed E-state index contributed by atoms with van der Waals surface area (Å²) in [6, 6.07) is 0. The van der Waals surface area contributed by atoms with E-state index in [1.165, 1.54) is 0 Å². The van der Waals surface area contributed by atoms with Crippen LogP contribution < -0.4 is 0 Å². The molecule has 7 nitrogen and oxygen atoms in total. The topological polar surface area (TPSA) is 120 Å². The molecule has 2 aliphatic rings. The first kappa shape index (κ1) is 18.8. The van der Waals surface area contributed by atoms with Gasteiger partial charge in [-0.15, -0.1) is 0 Å². The molecule has 5 N–H and O–H groups in total. The van der Waals surface area contributed by atoms with E-state index >= 15 is 0 Å². The van der Waals surface area contributed by atoms with Crippen LogP contribution in [0.2, 0.25) is 0 Å². The molecule has 1 aliphatic heterocycles. The third-order valence-corrected chi connectivity index (χ3v) is 4.82. The molecule has 0 aromatic carbocycles. The van der Waals surface area contributed by atoms with Crippen molar-refractivity contribution in [1.29, 1.82) is 0 Å². The molecule has 134 valence electrons. The van der Waals surface area contributed by atoms with Gasteiger partial charge in [-0.2, -0.15) is 0 Å². The van der Waals surface area contributed by atoms with Crippen LogP contribution in [0.5, 0.6) is 0 Å². The second kappa shape index (κ2) is 7.14. The Hall–Kier alpha value is -0.540. The molecule has 0 saturated carbocycles. The summed E-state index contributed by atoms with van der Waals surface area (Å²) in [7, 11) is 0. The summed E-state index contributed by atoms with van der Waals surface area (Å²) in [5, 5.41) is 49.4. The molecule has 1 saturated heterocycles. The highest BCUT2D eigenvalue weighted by molar-refractivity contribution is 5.11. The van der Waals surface area contributed by atoms with Crippen LogP contribution in [0.15, 0.2) is 12.2 Å².